The minimum absolute atomic E-state index is 0.150. The summed E-state index contributed by atoms with van der Waals surface area (Å²) in [5.74, 6) is 0.500. The predicted octanol–water partition coefficient (Wildman–Crippen LogP) is 5.29. The van der Waals surface area contributed by atoms with E-state index in [2.05, 4.69) is 5.32 Å². The number of rotatable bonds is 8. The number of methoxy groups -OCH3 is 1. The van der Waals surface area contributed by atoms with E-state index in [1.54, 1.807) is 19.2 Å². The van der Waals surface area contributed by atoms with Crippen LogP contribution in [0.25, 0.3) is 0 Å². The van der Waals surface area contributed by atoms with Gasteiger partial charge in [-0.25, -0.2) is 8.78 Å². The van der Waals surface area contributed by atoms with Gasteiger partial charge in [0, 0.05) is 12.5 Å². The Labute approximate surface area is 158 Å². The average molecular weight is 367 g/mol. The second-order valence-electron chi connectivity index (χ2n) is 6.47. The summed E-state index contributed by atoms with van der Waals surface area (Å²) in [5, 5.41) is 3.40. The van der Waals surface area contributed by atoms with Crippen LogP contribution >= 0.6 is 0 Å². The molecule has 0 radical (unpaired) electrons. The molecule has 0 saturated carbocycles. The third-order valence-electron chi connectivity index (χ3n) is 4.64. The van der Waals surface area contributed by atoms with E-state index in [4.69, 9.17) is 4.74 Å². The van der Waals surface area contributed by atoms with Gasteiger partial charge >= 0.3 is 0 Å². The molecular formula is C23H23F2NO. The standard InChI is InChI=1S/C23H23F2NO/c1-27-22-12-6-19(7-13-22)23(18-4-10-21(25)11-5-18)14-15-26-16-17-2-8-20(24)9-3-17/h2-13,23,26H,14-16H2,1H3/t23-/m1/s1. The molecule has 0 fully saturated rings. The normalized spacial score (nSPS) is 12.0. The summed E-state index contributed by atoms with van der Waals surface area (Å²) < 4.78 is 31.5. The SMILES string of the molecule is COc1ccc([C@H](CCNCc2ccc(F)cc2)c2ccc(F)cc2)cc1. The van der Waals surface area contributed by atoms with Crippen LogP contribution in [0.3, 0.4) is 0 Å². The maximum absolute atomic E-state index is 13.3. The van der Waals surface area contributed by atoms with E-state index in [1.807, 2.05) is 36.4 Å². The van der Waals surface area contributed by atoms with Crippen molar-refractivity contribution in [3.05, 3.63) is 101 Å². The molecule has 0 bridgehead atoms. The third kappa shape index (κ3) is 5.38. The Balaban J connectivity index is 1.67. The molecule has 3 aromatic carbocycles. The topological polar surface area (TPSA) is 21.3 Å². The molecule has 1 N–H and O–H groups in total. The molecule has 0 saturated heterocycles. The monoisotopic (exact) mass is 367 g/mol. The molecule has 2 nitrogen and oxygen atoms in total. The fourth-order valence-corrected chi connectivity index (χ4v) is 3.14. The van der Waals surface area contributed by atoms with E-state index in [0.29, 0.717) is 6.54 Å². The Bertz CT molecular complexity index is 830. The van der Waals surface area contributed by atoms with Crippen molar-refractivity contribution < 1.29 is 13.5 Å². The van der Waals surface area contributed by atoms with E-state index < -0.39 is 0 Å². The molecule has 0 amide bonds. The lowest BCUT2D eigenvalue weighted by atomic mass is 9.88. The number of hydrogen-bond acceptors (Lipinski definition) is 2. The maximum atomic E-state index is 13.3. The number of hydrogen-bond donors (Lipinski definition) is 1. The van der Waals surface area contributed by atoms with Crippen LogP contribution in [-0.4, -0.2) is 13.7 Å². The van der Waals surface area contributed by atoms with Gasteiger partial charge in [0.05, 0.1) is 7.11 Å². The summed E-state index contributed by atoms with van der Waals surface area (Å²) in [5.41, 5.74) is 3.27. The van der Waals surface area contributed by atoms with E-state index >= 15 is 0 Å². The number of benzene rings is 3. The summed E-state index contributed by atoms with van der Waals surface area (Å²) in [6.45, 7) is 1.46. The second-order valence-corrected chi connectivity index (χ2v) is 6.47. The second kappa shape index (κ2) is 9.28. The molecule has 27 heavy (non-hydrogen) atoms. The van der Waals surface area contributed by atoms with Gasteiger partial charge < -0.3 is 10.1 Å². The highest BCUT2D eigenvalue weighted by Crippen LogP contribution is 2.29. The van der Waals surface area contributed by atoms with Gasteiger partial charge in [0.1, 0.15) is 17.4 Å². The largest absolute Gasteiger partial charge is 0.497 e. The van der Waals surface area contributed by atoms with Crippen LogP contribution in [0.4, 0.5) is 8.78 Å². The average Bonchev–Trinajstić information content (AvgIpc) is 2.70. The van der Waals surface area contributed by atoms with Crippen molar-refractivity contribution >= 4 is 0 Å². The number of halogens is 2. The van der Waals surface area contributed by atoms with Gasteiger partial charge in [0.25, 0.3) is 0 Å². The summed E-state index contributed by atoms with van der Waals surface area (Å²) in [6.07, 6.45) is 0.860. The van der Waals surface area contributed by atoms with E-state index in [-0.39, 0.29) is 17.6 Å². The van der Waals surface area contributed by atoms with Crippen molar-refractivity contribution in [3.63, 3.8) is 0 Å². The van der Waals surface area contributed by atoms with Gasteiger partial charge in [-0.1, -0.05) is 36.4 Å². The van der Waals surface area contributed by atoms with Crippen molar-refractivity contribution in [1.29, 1.82) is 0 Å². The third-order valence-corrected chi connectivity index (χ3v) is 4.64. The van der Waals surface area contributed by atoms with Crippen molar-refractivity contribution in [3.8, 4) is 5.75 Å². The molecule has 0 heterocycles. The fourth-order valence-electron chi connectivity index (χ4n) is 3.14. The van der Waals surface area contributed by atoms with Crippen LogP contribution in [0.5, 0.6) is 5.75 Å². The Morgan fingerprint density at radius 2 is 1.30 bits per heavy atom. The van der Waals surface area contributed by atoms with Crippen LogP contribution in [0.2, 0.25) is 0 Å². The predicted molar refractivity (Wildman–Crippen MR) is 104 cm³/mol. The Morgan fingerprint density at radius 1 is 0.778 bits per heavy atom. The van der Waals surface area contributed by atoms with Crippen molar-refractivity contribution in [2.24, 2.45) is 0 Å². The van der Waals surface area contributed by atoms with Gasteiger partial charge in [-0.2, -0.15) is 0 Å². The van der Waals surface area contributed by atoms with Gasteiger partial charge in [-0.05, 0) is 66.1 Å². The Morgan fingerprint density at radius 3 is 1.85 bits per heavy atom. The summed E-state index contributed by atoms with van der Waals surface area (Å²) in [7, 11) is 1.64. The maximum Gasteiger partial charge on any atom is 0.123 e. The van der Waals surface area contributed by atoms with Crippen LogP contribution < -0.4 is 10.1 Å². The van der Waals surface area contributed by atoms with Crippen molar-refractivity contribution in [2.45, 2.75) is 18.9 Å². The van der Waals surface area contributed by atoms with Crippen LogP contribution in [0.15, 0.2) is 72.8 Å². The van der Waals surface area contributed by atoms with Crippen LogP contribution in [-0.2, 0) is 6.54 Å². The molecule has 0 aliphatic heterocycles. The smallest absolute Gasteiger partial charge is 0.123 e. The van der Waals surface area contributed by atoms with Crippen LogP contribution in [0.1, 0.15) is 29.0 Å². The highest BCUT2D eigenvalue weighted by molar-refractivity contribution is 5.36. The first-order chi connectivity index (χ1) is 13.2. The lowest BCUT2D eigenvalue weighted by Crippen LogP contribution is -2.18. The molecule has 0 aromatic heterocycles. The van der Waals surface area contributed by atoms with Crippen LogP contribution in [0, 0.1) is 11.6 Å². The molecule has 3 aromatic rings. The molecule has 0 aliphatic rings. The Kier molecular flexibility index (Phi) is 6.55. The first kappa shape index (κ1) is 19.1. The van der Waals surface area contributed by atoms with Gasteiger partial charge in [0.15, 0.2) is 0 Å². The fraction of sp³-hybridized carbons (Fsp3) is 0.217. The highest BCUT2D eigenvalue weighted by atomic mass is 19.1. The first-order valence-electron chi connectivity index (χ1n) is 9.00. The molecule has 140 valence electrons. The van der Waals surface area contributed by atoms with Crippen molar-refractivity contribution in [1.82, 2.24) is 5.32 Å². The molecule has 0 unspecified atom stereocenters. The molecular weight excluding hydrogens is 344 g/mol. The summed E-state index contributed by atoms with van der Waals surface area (Å²) >= 11 is 0. The number of nitrogens with one attached hydrogen (secondary N) is 1. The molecule has 4 heteroatoms. The zero-order valence-corrected chi connectivity index (χ0v) is 15.3. The van der Waals surface area contributed by atoms with E-state index in [9.17, 15) is 8.78 Å². The Hall–Kier alpha value is -2.72. The molecule has 1 atom stereocenters. The van der Waals surface area contributed by atoms with E-state index in [1.165, 1.54) is 24.3 Å². The molecule has 0 spiro atoms. The first-order valence-corrected chi connectivity index (χ1v) is 9.00. The van der Waals surface area contributed by atoms with Gasteiger partial charge in [0.2, 0.25) is 0 Å². The van der Waals surface area contributed by atoms with E-state index in [0.717, 1.165) is 35.4 Å². The molecule has 0 aliphatic carbocycles. The van der Waals surface area contributed by atoms with Crippen molar-refractivity contribution in [2.75, 3.05) is 13.7 Å². The van der Waals surface area contributed by atoms with Gasteiger partial charge in [-0.3, -0.25) is 0 Å². The molecule has 3 rings (SSSR count). The summed E-state index contributed by atoms with van der Waals surface area (Å²) in [6, 6.07) is 21.1. The lowest BCUT2D eigenvalue weighted by molar-refractivity contribution is 0.414. The quantitative estimate of drug-likeness (QED) is 0.547. The van der Waals surface area contributed by atoms with Gasteiger partial charge in [-0.15, -0.1) is 0 Å². The zero-order chi connectivity index (χ0) is 19.1. The minimum Gasteiger partial charge on any atom is -0.497 e. The number of ether oxygens (including phenoxy) is 1. The highest BCUT2D eigenvalue weighted by Gasteiger charge is 2.14. The lowest BCUT2D eigenvalue weighted by Gasteiger charge is -2.19. The minimum atomic E-state index is -0.235. The summed E-state index contributed by atoms with van der Waals surface area (Å²) in [4.78, 5) is 0. The zero-order valence-electron chi connectivity index (χ0n) is 15.3.